The van der Waals surface area contributed by atoms with Crippen molar-refractivity contribution in [2.75, 3.05) is 19.0 Å². The number of carbonyl (C=O) groups is 1. The number of ether oxygens (including phenoxy) is 2. The van der Waals surface area contributed by atoms with Crippen LogP contribution in [0.1, 0.15) is 31.4 Å². The van der Waals surface area contributed by atoms with Crippen LogP contribution in [0, 0.1) is 6.92 Å². The van der Waals surface area contributed by atoms with Gasteiger partial charge in [-0.3, -0.25) is 4.79 Å². The Kier molecular flexibility index (Phi) is 7.95. The van der Waals surface area contributed by atoms with E-state index in [4.69, 9.17) is 21.1 Å². The highest BCUT2D eigenvalue weighted by atomic mass is 35.5. The number of methoxy groups -OCH3 is 1. The summed E-state index contributed by atoms with van der Waals surface area (Å²) < 4.78 is 11.0. The molecule has 0 spiro atoms. The second kappa shape index (κ2) is 10.2. The van der Waals surface area contributed by atoms with Crippen molar-refractivity contribution in [3.05, 3.63) is 52.5 Å². The summed E-state index contributed by atoms with van der Waals surface area (Å²) in [4.78, 5) is 12.1. The molecule has 0 unspecified atom stereocenters. The van der Waals surface area contributed by atoms with E-state index in [1.54, 1.807) is 7.11 Å². The van der Waals surface area contributed by atoms with Crippen molar-refractivity contribution in [3.63, 3.8) is 0 Å². The zero-order valence-corrected chi connectivity index (χ0v) is 17.0. The summed E-state index contributed by atoms with van der Waals surface area (Å²) in [7, 11) is 1.55. The summed E-state index contributed by atoms with van der Waals surface area (Å²) >= 11 is 6.36. The van der Waals surface area contributed by atoms with Crippen molar-refractivity contribution in [1.82, 2.24) is 5.32 Å². The van der Waals surface area contributed by atoms with Gasteiger partial charge in [0, 0.05) is 18.3 Å². The molecule has 0 bridgehead atoms. The average molecular weight is 391 g/mol. The van der Waals surface area contributed by atoms with E-state index < -0.39 is 0 Å². The number of hydrogen-bond donors (Lipinski definition) is 2. The molecule has 2 N–H and O–H groups in total. The van der Waals surface area contributed by atoms with Gasteiger partial charge >= 0.3 is 0 Å². The lowest BCUT2D eigenvalue weighted by Gasteiger charge is -2.16. The number of amides is 1. The third-order valence-corrected chi connectivity index (χ3v) is 4.52. The van der Waals surface area contributed by atoms with Crippen molar-refractivity contribution in [2.45, 2.75) is 39.8 Å². The van der Waals surface area contributed by atoms with Crippen LogP contribution in [0.2, 0.25) is 5.02 Å². The number of halogens is 1. The lowest BCUT2D eigenvalue weighted by Crippen LogP contribution is -2.24. The van der Waals surface area contributed by atoms with Crippen molar-refractivity contribution in [2.24, 2.45) is 0 Å². The number of anilines is 1. The van der Waals surface area contributed by atoms with Gasteiger partial charge in [0.25, 0.3) is 5.91 Å². The maximum Gasteiger partial charge on any atom is 0.262 e. The molecule has 27 heavy (non-hydrogen) atoms. The summed E-state index contributed by atoms with van der Waals surface area (Å²) in [6.07, 6.45) is 1.04. The first-order valence-electron chi connectivity index (χ1n) is 9.02. The fraction of sp³-hybridized carbons (Fsp3) is 0.381. The Balaban J connectivity index is 2.00. The van der Waals surface area contributed by atoms with Gasteiger partial charge in [-0.2, -0.15) is 0 Å². The largest absolute Gasteiger partial charge is 0.493 e. The van der Waals surface area contributed by atoms with E-state index in [0.717, 1.165) is 23.2 Å². The first-order chi connectivity index (χ1) is 12.9. The third-order valence-electron chi connectivity index (χ3n) is 4.24. The van der Waals surface area contributed by atoms with Gasteiger partial charge in [-0.15, -0.1) is 0 Å². The van der Waals surface area contributed by atoms with Crippen LogP contribution in [0.3, 0.4) is 0 Å². The van der Waals surface area contributed by atoms with Gasteiger partial charge < -0.3 is 20.1 Å². The second-order valence-corrected chi connectivity index (χ2v) is 6.91. The van der Waals surface area contributed by atoms with Crippen LogP contribution in [0.4, 0.5) is 5.69 Å². The molecule has 0 saturated heterocycles. The van der Waals surface area contributed by atoms with E-state index >= 15 is 0 Å². The van der Waals surface area contributed by atoms with Gasteiger partial charge in [-0.05, 0) is 50.1 Å². The normalized spacial score (nSPS) is 11.7. The molecule has 0 heterocycles. The summed E-state index contributed by atoms with van der Waals surface area (Å²) in [5, 5.41) is 6.61. The van der Waals surface area contributed by atoms with Crippen molar-refractivity contribution in [1.29, 1.82) is 0 Å². The van der Waals surface area contributed by atoms with E-state index in [1.165, 1.54) is 0 Å². The monoisotopic (exact) mass is 390 g/mol. The van der Waals surface area contributed by atoms with Crippen molar-refractivity contribution in [3.8, 4) is 11.5 Å². The van der Waals surface area contributed by atoms with E-state index in [0.29, 0.717) is 29.1 Å². The Hall–Kier alpha value is -2.24. The van der Waals surface area contributed by atoms with Crippen LogP contribution in [0.5, 0.6) is 11.5 Å². The molecule has 1 atom stereocenters. The highest BCUT2D eigenvalue weighted by molar-refractivity contribution is 6.32. The van der Waals surface area contributed by atoms with Crippen LogP contribution in [0.15, 0.2) is 36.4 Å². The molecular formula is C21H27ClN2O3. The fourth-order valence-corrected chi connectivity index (χ4v) is 2.71. The minimum absolute atomic E-state index is 0.158. The van der Waals surface area contributed by atoms with E-state index in [-0.39, 0.29) is 12.5 Å². The summed E-state index contributed by atoms with van der Waals surface area (Å²) in [6, 6.07) is 11.7. The SMILES string of the molecule is CC[C@@H](C)NCc1cc(Cl)c(OCC(=O)Nc2ccc(C)cc2)c(OC)c1. The Labute approximate surface area is 166 Å². The fourth-order valence-electron chi connectivity index (χ4n) is 2.42. The predicted octanol–water partition coefficient (Wildman–Crippen LogP) is 4.56. The van der Waals surface area contributed by atoms with Gasteiger partial charge in [0.2, 0.25) is 0 Å². The van der Waals surface area contributed by atoms with Crippen molar-refractivity contribution < 1.29 is 14.3 Å². The Bertz CT molecular complexity index is 763. The first kappa shape index (κ1) is 21.1. The Morgan fingerprint density at radius 1 is 1.22 bits per heavy atom. The molecule has 0 fully saturated rings. The van der Waals surface area contributed by atoms with Crippen LogP contribution in [-0.4, -0.2) is 25.7 Å². The molecule has 5 nitrogen and oxygen atoms in total. The Morgan fingerprint density at radius 2 is 1.93 bits per heavy atom. The molecule has 0 aliphatic heterocycles. The topological polar surface area (TPSA) is 59.6 Å². The standard InChI is InChI=1S/C21H27ClN2O3/c1-5-15(3)23-12-16-10-18(22)21(19(11-16)26-4)27-13-20(25)24-17-8-6-14(2)7-9-17/h6-11,15,23H,5,12-13H2,1-4H3,(H,24,25)/t15-/m1/s1. The molecular weight excluding hydrogens is 364 g/mol. The number of aryl methyl sites for hydroxylation is 1. The van der Waals surface area contributed by atoms with Crippen LogP contribution in [0.25, 0.3) is 0 Å². The minimum atomic E-state index is -0.264. The molecule has 0 radical (unpaired) electrons. The van der Waals surface area contributed by atoms with Gasteiger partial charge in [0.05, 0.1) is 12.1 Å². The molecule has 2 aromatic carbocycles. The number of nitrogens with one attached hydrogen (secondary N) is 2. The molecule has 1 amide bonds. The quantitative estimate of drug-likeness (QED) is 0.658. The molecule has 0 saturated carbocycles. The third kappa shape index (κ3) is 6.45. The molecule has 0 aromatic heterocycles. The number of rotatable bonds is 9. The van der Waals surface area contributed by atoms with Gasteiger partial charge in [0.15, 0.2) is 18.1 Å². The van der Waals surface area contributed by atoms with E-state index in [2.05, 4.69) is 24.5 Å². The van der Waals surface area contributed by atoms with Gasteiger partial charge in [0.1, 0.15) is 0 Å². The van der Waals surface area contributed by atoms with Crippen LogP contribution in [-0.2, 0) is 11.3 Å². The minimum Gasteiger partial charge on any atom is -0.493 e. The zero-order valence-electron chi connectivity index (χ0n) is 16.3. The molecule has 0 aliphatic carbocycles. The number of hydrogen-bond acceptors (Lipinski definition) is 4. The highest BCUT2D eigenvalue weighted by Crippen LogP contribution is 2.36. The summed E-state index contributed by atoms with van der Waals surface area (Å²) in [6.45, 7) is 6.77. The van der Waals surface area contributed by atoms with Crippen LogP contribution >= 0.6 is 11.6 Å². The first-order valence-corrected chi connectivity index (χ1v) is 9.39. The maximum absolute atomic E-state index is 12.1. The smallest absolute Gasteiger partial charge is 0.262 e. The predicted molar refractivity (Wildman–Crippen MR) is 110 cm³/mol. The summed E-state index contributed by atoms with van der Waals surface area (Å²) in [5.74, 6) is 0.608. The molecule has 146 valence electrons. The summed E-state index contributed by atoms with van der Waals surface area (Å²) in [5.41, 5.74) is 2.84. The number of carbonyl (C=O) groups excluding carboxylic acids is 1. The molecule has 0 aliphatic rings. The zero-order chi connectivity index (χ0) is 19.8. The molecule has 6 heteroatoms. The molecule has 2 rings (SSSR count). The maximum atomic E-state index is 12.1. The van der Waals surface area contributed by atoms with E-state index in [9.17, 15) is 4.79 Å². The highest BCUT2D eigenvalue weighted by Gasteiger charge is 2.14. The lowest BCUT2D eigenvalue weighted by atomic mass is 10.1. The molecule has 2 aromatic rings. The van der Waals surface area contributed by atoms with Crippen LogP contribution < -0.4 is 20.1 Å². The Morgan fingerprint density at radius 3 is 2.56 bits per heavy atom. The van der Waals surface area contributed by atoms with E-state index in [1.807, 2.05) is 43.3 Å². The average Bonchev–Trinajstić information content (AvgIpc) is 2.66. The second-order valence-electron chi connectivity index (χ2n) is 6.50. The van der Waals surface area contributed by atoms with Gasteiger partial charge in [-0.1, -0.05) is 36.2 Å². The lowest BCUT2D eigenvalue weighted by molar-refractivity contribution is -0.118. The van der Waals surface area contributed by atoms with Crippen molar-refractivity contribution >= 4 is 23.2 Å². The number of benzene rings is 2. The van der Waals surface area contributed by atoms with Gasteiger partial charge in [-0.25, -0.2) is 0 Å².